The molecule has 0 fully saturated rings. The lowest BCUT2D eigenvalue weighted by atomic mass is 10.0. The SMILES string of the molecule is COc1cc(C#N)ccc1NC(C)c1ccc(C)cc1O. The molecular weight excluding hydrogens is 264 g/mol. The Labute approximate surface area is 124 Å². The van der Waals surface area contributed by atoms with Gasteiger partial charge in [0.1, 0.15) is 11.5 Å². The van der Waals surface area contributed by atoms with Crippen molar-refractivity contribution in [2.45, 2.75) is 19.9 Å². The molecular formula is C17H18N2O2. The van der Waals surface area contributed by atoms with Gasteiger partial charge in [0, 0.05) is 11.6 Å². The zero-order valence-corrected chi connectivity index (χ0v) is 12.3. The molecule has 2 rings (SSSR count). The van der Waals surface area contributed by atoms with Gasteiger partial charge in [-0.2, -0.15) is 5.26 Å². The lowest BCUT2D eigenvalue weighted by molar-refractivity contribution is 0.415. The lowest BCUT2D eigenvalue weighted by Crippen LogP contribution is -2.08. The second kappa shape index (κ2) is 6.19. The summed E-state index contributed by atoms with van der Waals surface area (Å²) in [6.45, 7) is 3.90. The van der Waals surface area contributed by atoms with E-state index in [-0.39, 0.29) is 11.8 Å². The van der Waals surface area contributed by atoms with Gasteiger partial charge in [-0.3, -0.25) is 0 Å². The number of nitrogens with one attached hydrogen (secondary N) is 1. The number of phenolic OH excluding ortho intramolecular Hbond substituents is 1. The van der Waals surface area contributed by atoms with Crippen molar-refractivity contribution in [3.05, 3.63) is 53.1 Å². The molecule has 0 spiro atoms. The third-order valence-electron chi connectivity index (χ3n) is 3.36. The predicted octanol–water partition coefficient (Wildman–Crippen LogP) is 3.75. The normalized spacial score (nSPS) is 11.5. The molecule has 0 saturated carbocycles. The molecule has 2 aromatic carbocycles. The van der Waals surface area contributed by atoms with E-state index in [9.17, 15) is 5.11 Å². The number of benzene rings is 2. The zero-order valence-electron chi connectivity index (χ0n) is 12.3. The van der Waals surface area contributed by atoms with Crippen molar-refractivity contribution in [2.24, 2.45) is 0 Å². The number of ether oxygens (including phenoxy) is 1. The third-order valence-corrected chi connectivity index (χ3v) is 3.36. The zero-order chi connectivity index (χ0) is 15.4. The number of rotatable bonds is 4. The highest BCUT2D eigenvalue weighted by atomic mass is 16.5. The van der Waals surface area contributed by atoms with Crippen LogP contribution in [0.3, 0.4) is 0 Å². The van der Waals surface area contributed by atoms with Gasteiger partial charge in [0.2, 0.25) is 0 Å². The number of aryl methyl sites for hydroxylation is 1. The van der Waals surface area contributed by atoms with Crippen LogP contribution in [0.15, 0.2) is 36.4 Å². The van der Waals surface area contributed by atoms with Gasteiger partial charge in [0.25, 0.3) is 0 Å². The first kappa shape index (κ1) is 14.7. The van der Waals surface area contributed by atoms with Crippen molar-refractivity contribution >= 4 is 5.69 Å². The van der Waals surface area contributed by atoms with Crippen LogP contribution in [0.4, 0.5) is 5.69 Å². The number of hydrogen-bond acceptors (Lipinski definition) is 4. The van der Waals surface area contributed by atoms with E-state index in [1.165, 1.54) is 0 Å². The van der Waals surface area contributed by atoms with E-state index in [4.69, 9.17) is 10.00 Å². The minimum absolute atomic E-state index is 0.0903. The second-order valence-corrected chi connectivity index (χ2v) is 4.96. The number of nitrogens with zero attached hydrogens (tertiary/aromatic N) is 1. The molecule has 0 radical (unpaired) electrons. The fourth-order valence-electron chi connectivity index (χ4n) is 2.21. The molecule has 4 nitrogen and oxygen atoms in total. The van der Waals surface area contributed by atoms with Crippen molar-refractivity contribution in [3.8, 4) is 17.6 Å². The smallest absolute Gasteiger partial charge is 0.143 e. The van der Waals surface area contributed by atoms with Crippen LogP contribution in [0.25, 0.3) is 0 Å². The van der Waals surface area contributed by atoms with E-state index >= 15 is 0 Å². The van der Waals surface area contributed by atoms with Crippen molar-refractivity contribution in [3.63, 3.8) is 0 Å². The molecule has 0 saturated heterocycles. The number of phenols is 1. The van der Waals surface area contributed by atoms with Crippen LogP contribution < -0.4 is 10.1 Å². The molecule has 1 unspecified atom stereocenters. The molecule has 0 aliphatic rings. The Kier molecular flexibility index (Phi) is 4.34. The molecule has 0 heterocycles. The van der Waals surface area contributed by atoms with E-state index < -0.39 is 0 Å². The minimum atomic E-state index is -0.0903. The first-order valence-electron chi connectivity index (χ1n) is 6.69. The average Bonchev–Trinajstić information content (AvgIpc) is 2.47. The van der Waals surface area contributed by atoms with Gasteiger partial charge in [0.15, 0.2) is 0 Å². The van der Waals surface area contributed by atoms with Gasteiger partial charge in [-0.05, 0) is 37.6 Å². The summed E-state index contributed by atoms with van der Waals surface area (Å²) in [6, 6.07) is 12.8. The quantitative estimate of drug-likeness (QED) is 0.896. The Morgan fingerprint density at radius 1 is 1.24 bits per heavy atom. The largest absolute Gasteiger partial charge is 0.508 e. The van der Waals surface area contributed by atoms with E-state index in [1.807, 2.05) is 26.0 Å². The molecule has 4 heteroatoms. The van der Waals surface area contributed by atoms with Crippen LogP contribution >= 0.6 is 0 Å². The number of hydrogen-bond donors (Lipinski definition) is 2. The Morgan fingerprint density at radius 3 is 2.62 bits per heavy atom. The molecule has 21 heavy (non-hydrogen) atoms. The van der Waals surface area contributed by atoms with Crippen LogP contribution in [-0.4, -0.2) is 12.2 Å². The van der Waals surface area contributed by atoms with Crippen LogP contribution in [0, 0.1) is 18.3 Å². The van der Waals surface area contributed by atoms with Crippen molar-refractivity contribution in [1.82, 2.24) is 0 Å². The van der Waals surface area contributed by atoms with E-state index in [1.54, 1.807) is 31.4 Å². The summed E-state index contributed by atoms with van der Waals surface area (Å²) >= 11 is 0. The molecule has 108 valence electrons. The summed E-state index contributed by atoms with van der Waals surface area (Å²) in [5.41, 5.74) is 3.15. The highest BCUT2D eigenvalue weighted by molar-refractivity contribution is 5.60. The molecule has 0 amide bonds. The standard InChI is InChI=1S/C17H18N2O2/c1-11-4-6-14(16(20)8-11)12(2)19-15-7-5-13(10-18)9-17(15)21-3/h4-9,12,19-20H,1-3H3. The summed E-state index contributed by atoms with van der Waals surface area (Å²) < 4.78 is 5.30. The first-order chi connectivity index (χ1) is 10.0. The maximum atomic E-state index is 10.0. The monoisotopic (exact) mass is 282 g/mol. The molecule has 2 aromatic rings. The molecule has 0 aliphatic heterocycles. The predicted molar refractivity (Wildman–Crippen MR) is 82.6 cm³/mol. The Bertz CT molecular complexity index is 690. The Balaban J connectivity index is 2.27. The summed E-state index contributed by atoms with van der Waals surface area (Å²) in [4.78, 5) is 0. The van der Waals surface area contributed by atoms with Gasteiger partial charge in [-0.1, -0.05) is 12.1 Å². The number of methoxy groups -OCH3 is 1. The summed E-state index contributed by atoms with van der Waals surface area (Å²) in [5.74, 6) is 0.870. The van der Waals surface area contributed by atoms with Crippen LogP contribution in [0.5, 0.6) is 11.5 Å². The van der Waals surface area contributed by atoms with Gasteiger partial charge in [-0.25, -0.2) is 0 Å². The summed E-state index contributed by atoms with van der Waals surface area (Å²) in [6.07, 6.45) is 0. The topological polar surface area (TPSA) is 65.3 Å². The van der Waals surface area contributed by atoms with Crippen molar-refractivity contribution in [2.75, 3.05) is 12.4 Å². The maximum Gasteiger partial charge on any atom is 0.143 e. The van der Waals surface area contributed by atoms with Gasteiger partial charge >= 0.3 is 0 Å². The minimum Gasteiger partial charge on any atom is -0.508 e. The highest BCUT2D eigenvalue weighted by Crippen LogP contribution is 2.32. The fourth-order valence-corrected chi connectivity index (χ4v) is 2.21. The fraction of sp³-hybridized carbons (Fsp3) is 0.235. The van der Waals surface area contributed by atoms with Crippen LogP contribution in [0.2, 0.25) is 0 Å². The van der Waals surface area contributed by atoms with Crippen LogP contribution in [0.1, 0.15) is 29.7 Å². The van der Waals surface area contributed by atoms with E-state index in [0.717, 1.165) is 16.8 Å². The average molecular weight is 282 g/mol. The number of aromatic hydroxyl groups is 1. The molecule has 0 aromatic heterocycles. The number of anilines is 1. The van der Waals surface area contributed by atoms with E-state index in [2.05, 4.69) is 11.4 Å². The summed E-state index contributed by atoms with van der Waals surface area (Å²) in [7, 11) is 1.57. The van der Waals surface area contributed by atoms with Crippen molar-refractivity contribution in [1.29, 1.82) is 5.26 Å². The second-order valence-electron chi connectivity index (χ2n) is 4.96. The molecule has 1 atom stereocenters. The summed E-state index contributed by atoms with van der Waals surface area (Å²) in [5, 5.41) is 22.2. The maximum absolute atomic E-state index is 10.0. The lowest BCUT2D eigenvalue weighted by Gasteiger charge is -2.19. The molecule has 2 N–H and O–H groups in total. The van der Waals surface area contributed by atoms with Crippen LogP contribution in [-0.2, 0) is 0 Å². The van der Waals surface area contributed by atoms with Gasteiger partial charge < -0.3 is 15.2 Å². The number of nitriles is 1. The Hall–Kier alpha value is -2.67. The van der Waals surface area contributed by atoms with Gasteiger partial charge in [-0.15, -0.1) is 0 Å². The van der Waals surface area contributed by atoms with E-state index in [0.29, 0.717) is 11.3 Å². The van der Waals surface area contributed by atoms with Crippen molar-refractivity contribution < 1.29 is 9.84 Å². The third kappa shape index (κ3) is 3.26. The van der Waals surface area contributed by atoms with Gasteiger partial charge in [0.05, 0.1) is 30.5 Å². The molecule has 0 bridgehead atoms. The highest BCUT2D eigenvalue weighted by Gasteiger charge is 2.13. The molecule has 0 aliphatic carbocycles. The first-order valence-corrected chi connectivity index (χ1v) is 6.69. The Morgan fingerprint density at radius 2 is 2.00 bits per heavy atom.